The lowest BCUT2D eigenvalue weighted by Crippen LogP contribution is -2.25. The van der Waals surface area contributed by atoms with E-state index >= 15 is 0 Å². The maximum Gasteiger partial charge on any atom is 0.255 e. The van der Waals surface area contributed by atoms with Gasteiger partial charge in [-0.25, -0.2) is 4.98 Å². The zero-order valence-corrected chi connectivity index (χ0v) is 13.7. The topological polar surface area (TPSA) is 67.0 Å². The number of hydrogen-bond acceptors (Lipinski definition) is 3. The molecule has 0 aliphatic heterocycles. The molecule has 0 radical (unpaired) electrons. The zero-order chi connectivity index (χ0) is 16.8. The van der Waals surface area contributed by atoms with Crippen molar-refractivity contribution in [2.75, 3.05) is 13.2 Å². The maximum atomic E-state index is 12.3. The van der Waals surface area contributed by atoms with Crippen molar-refractivity contribution in [3.05, 3.63) is 59.9 Å². The summed E-state index contributed by atoms with van der Waals surface area (Å²) in [6.07, 6.45) is 1.62. The van der Waals surface area contributed by atoms with Crippen LogP contribution in [0.1, 0.15) is 29.5 Å². The number of benzene rings is 2. The van der Waals surface area contributed by atoms with Crippen LogP contribution < -0.4 is 10.1 Å². The molecular weight excluding hydrogens is 302 g/mol. The number of aromatic nitrogens is 2. The molecule has 3 aromatic rings. The molecule has 0 unspecified atom stereocenters. The SMILES string of the molecule is CCOc1ccccc1C(=O)NCCCc1nc2ccccc2[nH]1. The summed E-state index contributed by atoms with van der Waals surface area (Å²) in [6.45, 7) is 3.04. The standard InChI is InChI=1S/C19H21N3O2/c1-2-24-17-11-6-3-8-14(17)19(23)20-13-7-12-18-21-15-9-4-5-10-16(15)22-18/h3-6,8-11H,2,7,12-13H2,1H3,(H,20,23)(H,21,22). The summed E-state index contributed by atoms with van der Waals surface area (Å²) < 4.78 is 5.49. The summed E-state index contributed by atoms with van der Waals surface area (Å²) in [7, 11) is 0. The fourth-order valence-electron chi connectivity index (χ4n) is 2.61. The fourth-order valence-corrected chi connectivity index (χ4v) is 2.61. The largest absolute Gasteiger partial charge is 0.493 e. The van der Waals surface area contributed by atoms with Crippen molar-refractivity contribution in [3.8, 4) is 5.75 Å². The molecule has 124 valence electrons. The predicted octanol–water partition coefficient (Wildman–Crippen LogP) is 3.32. The van der Waals surface area contributed by atoms with Crippen LogP contribution in [0, 0.1) is 0 Å². The van der Waals surface area contributed by atoms with E-state index in [-0.39, 0.29) is 5.91 Å². The Morgan fingerprint density at radius 3 is 2.79 bits per heavy atom. The van der Waals surface area contributed by atoms with Gasteiger partial charge in [-0.15, -0.1) is 0 Å². The Kier molecular flexibility index (Phi) is 5.11. The fraction of sp³-hybridized carbons (Fsp3) is 0.263. The van der Waals surface area contributed by atoms with E-state index in [1.807, 2.05) is 49.4 Å². The molecule has 2 N–H and O–H groups in total. The minimum Gasteiger partial charge on any atom is -0.493 e. The number of aryl methyl sites for hydroxylation is 1. The number of nitrogens with one attached hydrogen (secondary N) is 2. The van der Waals surface area contributed by atoms with Crippen LogP contribution in [0.3, 0.4) is 0 Å². The number of hydrogen-bond donors (Lipinski definition) is 2. The van der Waals surface area contributed by atoms with Crippen molar-refractivity contribution in [1.82, 2.24) is 15.3 Å². The minimum absolute atomic E-state index is 0.108. The van der Waals surface area contributed by atoms with Gasteiger partial charge in [-0.3, -0.25) is 4.79 Å². The lowest BCUT2D eigenvalue weighted by Gasteiger charge is -2.10. The van der Waals surface area contributed by atoms with Gasteiger partial charge in [-0.1, -0.05) is 24.3 Å². The van der Waals surface area contributed by atoms with Crippen LogP contribution in [0.4, 0.5) is 0 Å². The highest BCUT2D eigenvalue weighted by atomic mass is 16.5. The number of para-hydroxylation sites is 3. The van der Waals surface area contributed by atoms with E-state index < -0.39 is 0 Å². The molecule has 1 heterocycles. The molecule has 0 fully saturated rings. The Morgan fingerprint density at radius 1 is 1.17 bits per heavy atom. The molecule has 0 aliphatic carbocycles. The summed E-state index contributed by atoms with van der Waals surface area (Å²) in [5, 5.41) is 2.94. The lowest BCUT2D eigenvalue weighted by molar-refractivity contribution is 0.0949. The molecule has 0 atom stereocenters. The summed E-state index contributed by atoms with van der Waals surface area (Å²) in [6, 6.07) is 15.3. The van der Waals surface area contributed by atoms with Crippen molar-refractivity contribution < 1.29 is 9.53 Å². The van der Waals surface area contributed by atoms with Crippen LogP contribution in [0.2, 0.25) is 0 Å². The first-order valence-corrected chi connectivity index (χ1v) is 8.21. The molecule has 1 aromatic heterocycles. The molecule has 2 aromatic carbocycles. The molecule has 0 saturated carbocycles. The van der Waals surface area contributed by atoms with Crippen LogP contribution >= 0.6 is 0 Å². The van der Waals surface area contributed by atoms with Gasteiger partial charge in [0.05, 0.1) is 23.2 Å². The van der Waals surface area contributed by atoms with Gasteiger partial charge in [0, 0.05) is 13.0 Å². The third-order valence-electron chi connectivity index (χ3n) is 3.75. The second kappa shape index (κ2) is 7.64. The quantitative estimate of drug-likeness (QED) is 0.655. The highest BCUT2D eigenvalue weighted by Gasteiger charge is 2.11. The lowest BCUT2D eigenvalue weighted by atomic mass is 10.2. The van der Waals surface area contributed by atoms with Crippen molar-refractivity contribution in [1.29, 1.82) is 0 Å². The van der Waals surface area contributed by atoms with Gasteiger partial charge in [0.2, 0.25) is 0 Å². The number of imidazole rings is 1. The van der Waals surface area contributed by atoms with Gasteiger partial charge < -0.3 is 15.0 Å². The summed E-state index contributed by atoms with van der Waals surface area (Å²) in [4.78, 5) is 20.1. The van der Waals surface area contributed by atoms with E-state index in [1.165, 1.54) is 0 Å². The maximum absolute atomic E-state index is 12.3. The number of amides is 1. The Labute approximate surface area is 141 Å². The van der Waals surface area contributed by atoms with E-state index in [0.717, 1.165) is 29.7 Å². The molecule has 0 spiro atoms. The Bertz CT molecular complexity index is 793. The molecule has 1 amide bonds. The summed E-state index contributed by atoms with van der Waals surface area (Å²) in [5.74, 6) is 1.46. The van der Waals surface area contributed by atoms with Crippen LogP contribution in [0.5, 0.6) is 5.75 Å². The highest BCUT2D eigenvalue weighted by molar-refractivity contribution is 5.96. The average molecular weight is 323 g/mol. The normalized spacial score (nSPS) is 10.7. The van der Waals surface area contributed by atoms with E-state index in [9.17, 15) is 4.79 Å². The van der Waals surface area contributed by atoms with Gasteiger partial charge in [0.25, 0.3) is 5.91 Å². The molecule has 0 bridgehead atoms. The number of H-pyrrole nitrogens is 1. The number of aromatic amines is 1. The highest BCUT2D eigenvalue weighted by Crippen LogP contribution is 2.17. The van der Waals surface area contributed by atoms with Crippen LogP contribution in [-0.2, 0) is 6.42 Å². The number of nitrogens with zero attached hydrogens (tertiary/aromatic N) is 1. The van der Waals surface area contributed by atoms with Crippen LogP contribution in [0.15, 0.2) is 48.5 Å². The molecule has 0 saturated heterocycles. The van der Waals surface area contributed by atoms with E-state index in [4.69, 9.17) is 4.74 Å². The Morgan fingerprint density at radius 2 is 1.96 bits per heavy atom. The first kappa shape index (κ1) is 16.1. The molecule has 3 rings (SSSR count). The van der Waals surface area contributed by atoms with E-state index in [2.05, 4.69) is 15.3 Å². The van der Waals surface area contributed by atoms with Crippen molar-refractivity contribution in [3.63, 3.8) is 0 Å². The van der Waals surface area contributed by atoms with Gasteiger partial charge in [0.15, 0.2) is 0 Å². The molecule has 5 heteroatoms. The number of carbonyl (C=O) groups excluding carboxylic acids is 1. The first-order chi connectivity index (χ1) is 11.8. The van der Waals surface area contributed by atoms with E-state index in [1.54, 1.807) is 6.07 Å². The second-order valence-corrected chi connectivity index (χ2v) is 5.49. The summed E-state index contributed by atoms with van der Waals surface area (Å²) >= 11 is 0. The monoisotopic (exact) mass is 323 g/mol. The van der Waals surface area contributed by atoms with Crippen molar-refractivity contribution >= 4 is 16.9 Å². The minimum atomic E-state index is -0.108. The molecule has 24 heavy (non-hydrogen) atoms. The zero-order valence-electron chi connectivity index (χ0n) is 13.7. The Hall–Kier alpha value is -2.82. The van der Waals surface area contributed by atoms with E-state index in [0.29, 0.717) is 24.5 Å². The number of ether oxygens (including phenoxy) is 1. The van der Waals surface area contributed by atoms with Gasteiger partial charge in [0.1, 0.15) is 11.6 Å². The number of carbonyl (C=O) groups is 1. The Balaban J connectivity index is 1.52. The molecule has 0 aliphatic rings. The van der Waals surface area contributed by atoms with Crippen molar-refractivity contribution in [2.45, 2.75) is 19.8 Å². The van der Waals surface area contributed by atoms with Gasteiger partial charge >= 0.3 is 0 Å². The first-order valence-electron chi connectivity index (χ1n) is 8.21. The van der Waals surface area contributed by atoms with Crippen LogP contribution in [-0.4, -0.2) is 29.0 Å². The second-order valence-electron chi connectivity index (χ2n) is 5.49. The molecular formula is C19H21N3O2. The average Bonchev–Trinajstić information content (AvgIpc) is 3.02. The third kappa shape index (κ3) is 3.74. The third-order valence-corrected chi connectivity index (χ3v) is 3.75. The smallest absolute Gasteiger partial charge is 0.255 e. The van der Waals surface area contributed by atoms with Gasteiger partial charge in [-0.05, 0) is 37.6 Å². The van der Waals surface area contributed by atoms with Crippen molar-refractivity contribution in [2.24, 2.45) is 0 Å². The number of rotatable bonds is 7. The van der Waals surface area contributed by atoms with Crippen LogP contribution in [0.25, 0.3) is 11.0 Å². The molecule has 5 nitrogen and oxygen atoms in total. The predicted molar refractivity (Wildman–Crippen MR) is 94.4 cm³/mol. The number of fused-ring (bicyclic) bond motifs is 1. The van der Waals surface area contributed by atoms with Gasteiger partial charge in [-0.2, -0.15) is 0 Å². The summed E-state index contributed by atoms with van der Waals surface area (Å²) in [5.41, 5.74) is 2.59.